The normalized spacial score (nSPS) is 19.3. The first-order valence-electron chi connectivity index (χ1n) is 7.37. The number of nitrogens with one attached hydrogen (secondary N) is 2. The molecule has 2 aromatic rings. The number of aryl methyl sites for hydroxylation is 1. The van der Waals surface area contributed by atoms with E-state index in [9.17, 15) is 9.59 Å². The first-order valence-corrected chi connectivity index (χ1v) is 7.37. The molecule has 2 atom stereocenters. The largest absolute Gasteiger partial charge is 0.273 e. The second-order valence-electron chi connectivity index (χ2n) is 5.67. The molecule has 1 aliphatic carbocycles. The molecule has 1 aliphatic rings. The molecule has 4 heteroatoms. The zero-order valence-electron chi connectivity index (χ0n) is 12.4. The molecule has 2 amide bonds. The molecular formula is C18H18N2O2. The van der Waals surface area contributed by atoms with Crippen LogP contribution in [-0.2, 0) is 4.79 Å². The van der Waals surface area contributed by atoms with Gasteiger partial charge in [-0.2, -0.15) is 0 Å². The highest BCUT2D eigenvalue weighted by Crippen LogP contribution is 2.47. The summed E-state index contributed by atoms with van der Waals surface area (Å²) in [6, 6.07) is 17.2. The third-order valence-corrected chi connectivity index (χ3v) is 3.93. The lowest BCUT2D eigenvalue weighted by Gasteiger charge is -2.07. The topological polar surface area (TPSA) is 58.2 Å². The van der Waals surface area contributed by atoms with Gasteiger partial charge in [-0.15, -0.1) is 0 Å². The number of carbonyl (C=O) groups excluding carboxylic acids is 2. The number of carbonyl (C=O) groups is 2. The highest BCUT2D eigenvalue weighted by molar-refractivity contribution is 5.96. The molecular weight excluding hydrogens is 276 g/mol. The van der Waals surface area contributed by atoms with Crippen LogP contribution in [0.25, 0.3) is 0 Å². The van der Waals surface area contributed by atoms with Gasteiger partial charge < -0.3 is 0 Å². The fraction of sp³-hybridized carbons (Fsp3) is 0.222. The summed E-state index contributed by atoms with van der Waals surface area (Å²) >= 11 is 0. The van der Waals surface area contributed by atoms with Crippen LogP contribution in [0.3, 0.4) is 0 Å². The summed E-state index contributed by atoms with van der Waals surface area (Å²) in [6.07, 6.45) is 0.830. The van der Waals surface area contributed by atoms with Crippen LogP contribution in [0.15, 0.2) is 54.6 Å². The lowest BCUT2D eigenvalue weighted by atomic mass is 10.1. The van der Waals surface area contributed by atoms with Crippen molar-refractivity contribution in [1.82, 2.24) is 10.9 Å². The van der Waals surface area contributed by atoms with Crippen molar-refractivity contribution < 1.29 is 9.59 Å². The average molecular weight is 294 g/mol. The van der Waals surface area contributed by atoms with Gasteiger partial charge in [-0.3, -0.25) is 20.4 Å². The minimum absolute atomic E-state index is 0.0554. The zero-order valence-corrected chi connectivity index (χ0v) is 12.4. The second kappa shape index (κ2) is 6.02. The Kier molecular flexibility index (Phi) is 3.92. The van der Waals surface area contributed by atoms with Crippen LogP contribution < -0.4 is 10.9 Å². The number of hydrogen-bond donors (Lipinski definition) is 2. The standard InChI is InChI=1S/C18H18N2O2/c1-12-6-5-9-14(10-12)17(21)19-20-18(22)16-11-15(16)13-7-3-2-4-8-13/h2-10,15-16H,11H2,1H3,(H,19,21)(H,20,22)/t15-,16+/m0/s1. The fourth-order valence-electron chi connectivity index (χ4n) is 2.62. The summed E-state index contributed by atoms with van der Waals surface area (Å²) in [5, 5.41) is 0. The lowest BCUT2D eigenvalue weighted by molar-refractivity contribution is -0.123. The third-order valence-electron chi connectivity index (χ3n) is 3.93. The highest BCUT2D eigenvalue weighted by atomic mass is 16.2. The maximum atomic E-state index is 12.1. The van der Waals surface area contributed by atoms with E-state index in [1.54, 1.807) is 12.1 Å². The zero-order chi connectivity index (χ0) is 15.5. The smallest absolute Gasteiger partial charge is 0.269 e. The second-order valence-corrected chi connectivity index (χ2v) is 5.67. The van der Waals surface area contributed by atoms with Crippen LogP contribution in [0, 0.1) is 12.8 Å². The van der Waals surface area contributed by atoms with Crippen LogP contribution >= 0.6 is 0 Å². The Bertz CT molecular complexity index is 697. The van der Waals surface area contributed by atoms with Gasteiger partial charge in [0, 0.05) is 11.5 Å². The highest BCUT2D eigenvalue weighted by Gasteiger charge is 2.43. The Hall–Kier alpha value is -2.62. The Morgan fingerprint density at radius 3 is 2.50 bits per heavy atom. The average Bonchev–Trinajstić information content (AvgIpc) is 3.34. The molecule has 1 saturated carbocycles. The van der Waals surface area contributed by atoms with Gasteiger partial charge in [0.15, 0.2) is 0 Å². The maximum Gasteiger partial charge on any atom is 0.269 e. The fourth-order valence-corrected chi connectivity index (χ4v) is 2.62. The molecule has 22 heavy (non-hydrogen) atoms. The molecule has 0 bridgehead atoms. The van der Waals surface area contributed by atoms with Crippen molar-refractivity contribution in [2.45, 2.75) is 19.3 Å². The molecule has 4 nitrogen and oxygen atoms in total. The van der Waals surface area contributed by atoms with Crippen LogP contribution in [0.1, 0.15) is 33.8 Å². The van der Waals surface area contributed by atoms with Crippen molar-refractivity contribution in [3.63, 3.8) is 0 Å². The van der Waals surface area contributed by atoms with Gasteiger partial charge in [0.25, 0.3) is 5.91 Å². The van der Waals surface area contributed by atoms with E-state index in [1.165, 1.54) is 5.56 Å². The van der Waals surface area contributed by atoms with E-state index < -0.39 is 0 Å². The van der Waals surface area contributed by atoms with Crippen molar-refractivity contribution in [1.29, 1.82) is 0 Å². The Balaban J connectivity index is 1.52. The number of rotatable bonds is 3. The number of benzene rings is 2. The van der Waals surface area contributed by atoms with E-state index in [-0.39, 0.29) is 23.7 Å². The molecule has 2 aromatic carbocycles. The van der Waals surface area contributed by atoms with Crippen molar-refractivity contribution >= 4 is 11.8 Å². The van der Waals surface area contributed by atoms with Crippen LogP contribution in [0.4, 0.5) is 0 Å². The predicted molar refractivity (Wildman–Crippen MR) is 84.1 cm³/mol. The van der Waals surface area contributed by atoms with Crippen molar-refractivity contribution in [3.05, 3.63) is 71.3 Å². The van der Waals surface area contributed by atoms with Gasteiger partial charge in [-0.1, -0.05) is 48.0 Å². The van der Waals surface area contributed by atoms with Crippen molar-refractivity contribution in [2.24, 2.45) is 5.92 Å². The molecule has 0 aromatic heterocycles. The van der Waals surface area contributed by atoms with Crippen molar-refractivity contribution in [3.8, 4) is 0 Å². The summed E-state index contributed by atoms with van der Waals surface area (Å²) in [7, 11) is 0. The molecule has 3 rings (SSSR count). The van der Waals surface area contributed by atoms with E-state index in [4.69, 9.17) is 0 Å². The molecule has 0 saturated heterocycles. The van der Waals surface area contributed by atoms with E-state index in [1.807, 2.05) is 49.4 Å². The SMILES string of the molecule is Cc1cccc(C(=O)NNC(=O)[C@@H]2C[C@H]2c2ccccc2)c1. The minimum atomic E-state index is -0.297. The molecule has 2 N–H and O–H groups in total. The number of hydrazine groups is 1. The minimum Gasteiger partial charge on any atom is -0.273 e. The van der Waals surface area contributed by atoms with Crippen molar-refractivity contribution in [2.75, 3.05) is 0 Å². The summed E-state index contributed by atoms with van der Waals surface area (Å²) in [6.45, 7) is 1.92. The van der Waals surface area contributed by atoms with Gasteiger partial charge in [0.1, 0.15) is 0 Å². The van der Waals surface area contributed by atoms with E-state index >= 15 is 0 Å². The lowest BCUT2D eigenvalue weighted by Crippen LogP contribution is -2.42. The molecule has 0 unspecified atom stereocenters. The van der Waals surface area contributed by atoms with Crippen LogP contribution in [-0.4, -0.2) is 11.8 Å². The number of amides is 2. The maximum absolute atomic E-state index is 12.1. The summed E-state index contributed by atoms with van der Waals surface area (Å²) in [5.74, 6) is -0.221. The van der Waals surface area contributed by atoms with E-state index in [0.29, 0.717) is 5.56 Å². The molecule has 0 aliphatic heterocycles. The molecule has 112 valence electrons. The summed E-state index contributed by atoms with van der Waals surface area (Å²) < 4.78 is 0. The van der Waals surface area contributed by atoms with Gasteiger partial charge in [-0.25, -0.2) is 0 Å². The van der Waals surface area contributed by atoms with E-state index in [2.05, 4.69) is 10.9 Å². The first kappa shape index (κ1) is 14.3. The Morgan fingerprint density at radius 1 is 1.00 bits per heavy atom. The van der Waals surface area contributed by atoms with Crippen LogP contribution in [0.5, 0.6) is 0 Å². The predicted octanol–water partition coefficient (Wildman–Crippen LogP) is 2.56. The number of hydrogen-bond acceptors (Lipinski definition) is 2. The van der Waals surface area contributed by atoms with Crippen LogP contribution in [0.2, 0.25) is 0 Å². The van der Waals surface area contributed by atoms with Gasteiger partial charge in [-0.05, 0) is 37.0 Å². The first-order chi connectivity index (χ1) is 10.6. The third kappa shape index (κ3) is 3.17. The van der Waals surface area contributed by atoms with Gasteiger partial charge in [0.05, 0.1) is 0 Å². The molecule has 0 heterocycles. The summed E-state index contributed by atoms with van der Waals surface area (Å²) in [5.41, 5.74) is 7.72. The van der Waals surface area contributed by atoms with Gasteiger partial charge >= 0.3 is 0 Å². The van der Waals surface area contributed by atoms with Gasteiger partial charge in [0.2, 0.25) is 5.91 Å². The summed E-state index contributed by atoms with van der Waals surface area (Å²) in [4.78, 5) is 24.0. The quantitative estimate of drug-likeness (QED) is 0.855. The Morgan fingerprint density at radius 2 is 1.77 bits per heavy atom. The van der Waals surface area contributed by atoms with E-state index in [0.717, 1.165) is 12.0 Å². The molecule has 0 spiro atoms. The monoisotopic (exact) mass is 294 g/mol. The molecule has 0 radical (unpaired) electrons. The Labute approximate surface area is 129 Å². The molecule has 1 fully saturated rings.